The highest BCUT2D eigenvalue weighted by molar-refractivity contribution is 9.13. The summed E-state index contributed by atoms with van der Waals surface area (Å²) in [6.07, 6.45) is 2.95. The Balaban J connectivity index is 1.85. The SMILES string of the molecule is COc1cc(Br)c(Br)c(C=Nc2cccc(NC(=O)c3ccco3)c2)c1O. The minimum Gasteiger partial charge on any atom is -0.504 e. The third-order valence-electron chi connectivity index (χ3n) is 3.60. The van der Waals surface area contributed by atoms with Crippen LogP contribution >= 0.6 is 31.9 Å². The highest BCUT2D eigenvalue weighted by Crippen LogP contribution is 2.39. The Morgan fingerprint density at radius 2 is 2.07 bits per heavy atom. The lowest BCUT2D eigenvalue weighted by Gasteiger charge is -2.10. The number of hydrogen-bond donors (Lipinski definition) is 2. The summed E-state index contributed by atoms with van der Waals surface area (Å²) < 4.78 is 11.6. The molecule has 0 unspecified atom stereocenters. The van der Waals surface area contributed by atoms with Crippen LogP contribution in [0.2, 0.25) is 0 Å². The van der Waals surface area contributed by atoms with Crippen molar-refractivity contribution in [1.29, 1.82) is 0 Å². The largest absolute Gasteiger partial charge is 0.504 e. The highest BCUT2D eigenvalue weighted by Gasteiger charge is 2.14. The van der Waals surface area contributed by atoms with Crippen molar-refractivity contribution < 1.29 is 19.1 Å². The molecule has 0 aliphatic rings. The number of phenols is 1. The normalized spacial score (nSPS) is 10.9. The summed E-state index contributed by atoms with van der Waals surface area (Å²) in [5, 5.41) is 13.1. The van der Waals surface area contributed by atoms with Crippen LogP contribution in [0.5, 0.6) is 11.5 Å². The summed E-state index contributed by atoms with van der Waals surface area (Å²) in [4.78, 5) is 16.4. The van der Waals surface area contributed by atoms with Crippen LogP contribution in [0, 0.1) is 0 Å². The fraction of sp³-hybridized carbons (Fsp3) is 0.0526. The van der Waals surface area contributed by atoms with Gasteiger partial charge in [-0.15, -0.1) is 0 Å². The molecular weight excluding hydrogens is 480 g/mol. The van der Waals surface area contributed by atoms with Gasteiger partial charge in [0.2, 0.25) is 0 Å². The minimum absolute atomic E-state index is 0.0291. The first-order valence-corrected chi connectivity index (χ1v) is 9.32. The number of halogens is 2. The molecule has 0 saturated carbocycles. The molecule has 3 rings (SSSR count). The van der Waals surface area contributed by atoms with E-state index in [2.05, 4.69) is 42.2 Å². The van der Waals surface area contributed by atoms with Crippen LogP contribution in [0.4, 0.5) is 11.4 Å². The Bertz CT molecular complexity index is 1000. The van der Waals surface area contributed by atoms with Crippen molar-refractivity contribution >= 4 is 55.4 Å². The zero-order valence-corrected chi connectivity index (χ0v) is 17.2. The lowest BCUT2D eigenvalue weighted by molar-refractivity contribution is 0.0996. The molecule has 6 nitrogen and oxygen atoms in total. The van der Waals surface area contributed by atoms with Gasteiger partial charge in [0.05, 0.1) is 24.6 Å². The van der Waals surface area contributed by atoms with Crippen LogP contribution in [0.25, 0.3) is 0 Å². The van der Waals surface area contributed by atoms with E-state index in [9.17, 15) is 9.90 Å². The molecule has 0 aliphatic heterocycles. The van der Waals surface area contributed by atoms with E-state index in [1.807, 2.05) is 0 Å². The number of nitrogens with zero attached hydrogens (tertiary/aromatic N) is 1. The average molecular weight is 494 g/mol. The maximum Gasteiger partial charge on any atom is 0.291 e. The van der Waals surface area contributed by atoms with E-state index in [0.717, 1.165) is 4.47 Å². The topological polar surface area (TPSA) is 84.1 Å². The van der Waals surface area contributed by atoms with Gasteiger partial charge in [0.15, 0.2) is 17.3 Å². The van der Waals surface area contributed by atoms with Gasteiger partial charge < -0.3 is 19.6 Å². The van der Waals surface area contributed by atoms with Crippen LogP contribution in [0.1, 0.15) is 16.1 Å². The van der Waals surface area contributed by atoms with Crippen LogP contribution in [0.15, 0.2) is 67.1 Å². The first-order valence-electron chi connectivity index (χ1n) is 7.73. The van der Waals surface area contributed by atoms with Gasteiger partial charge in [-0.25, -0.2) is 0 Å². The Labute approximate surface area is 172 Å². The second-order valence-corrected chi connectivity index (χ2v) is 7.02. The third-order valence-corrected chi connectivity index (χ3v) is 5.62. The van der Waals surface area contributed by atoms with E-state index in [4.69, 9.17) is 9.15 Å². The van der Waals surface area contributed by atoms with Gasteiger partial charge in [-0.3, -0.25) is 9.79 Å². The Kier molecular flexibility index (Phi) is 5.98. The maximum absolute atomic E-state index is 12.1. The molecule has 0 atom stereocenters. The highest BCUT2D eigenvalue weighted by atomic mass is 79.9. The number of carbonyl (C=O) groups is 1. The summed E-state index contributed by atoms with van der Waals surface area (Å²) >= 11 is 6.82. The van der Waals surface area contributed by atoms with Crippen molar-refractivity contribution in [2.24, 2.45) is 4.99 Å². The molecule has 0 radical (unpaired) electrons. The number of benzene rings is 2. The molecule has 3 aromatic rings. The molecule has 0 fully saturated rings. The second-order valence-electron chi connectivity index (χ2n) is 5.38. The van der Waals surface area contributed by atoms with E-state index >= 15 is 0 Å². The molecule has 0 saturated heterocycles. The zero-order chi connectivity index (χ0) is 19.4. The van der Waals surface area contributed by atoms with E-state index in [1.165, 1.54) is 19.6 Å². The molecule has 1 amide bonds. The Morgan fingerprint density at radius 3 is 2.78 bits per heavy atom. The number of phenolic OH excluding ortho intramolecular Hbond substituents is 1. The van der Waals surface area contributed by atoms with Gasteiger partial charge in [-0.2, -0.15) is 0 Å². The van der Waals surface area contributed by atoms with Crippen molar-refractivity contribution in [3.05, 3.63) is 69.0 Å². The van der Waals surface area contributed by atoms with E-state index in [0.29, 0.717) is 27.2 Å². The van der Waals surface area contributed by atoms with E-state index in [1.54, 1.807) is 42.5 Å². The predicted molar refractivity (Wildman–Crippen MR) is 110 cm³/mol. The number of ether oxygens (including phenoxy) is 1. The van der Waals surface area contributed by atoms with Crippen LogP contribution in [-0.4, -0.2) is 24.3 Å². The number of rotatable bonds is 5. The number of amides is 1. The molecule has 138 valence electrons. The monoisotopic (exact) mass is 492 g/mol. The van der Waals surface area contributed by atoms with Gasteiger partial charge in [0.25, 0.3) is 5.91 Å². The fourth-order valence-corrected chi connectivity index (χ4v) is 3.12. The molecule has 0 bridgehead atoms. The predicted octanol–water partition coefficient (Wildman–Crippen LogP) is 5.52. The van der Waals surface area contributed by atoms with Crippen LogP contribution < -0.4 is 10.1 Å². The zero-order valence-electron chi connectivity index (χ0n) is 14.1. The number of anilines is 1. The molecule has 0 spiro atoms. The lowest BCUT2D eigenvalue weighted by Crippen LogP contribution is -2.10. The number of furan rings is 1. The van der Waals surface area contributed by atoms with Crippen molar-refractivity contribution in [3.8, 4) is 11.5 Å². The first kappa shape index (κ1) is 19.2. The number of methoxy groups -OCH3 is 1. The average Bonchev–Trinajstić information content (AvgIpc) is 3.20. The second kappa shape index (κ2) is 8.41. The molecule has 2 N–H and O–H groups in total. The number of hydrogen-bond acceptors (Lipinski definition) is 5. The Morgan fingerprint density at radius 1 is 1.26 bits per heavy atom. The van der Waals surface area contributed by atoms with Crippen molar-refractivity contribution in [1.82, 2.24) is 0 Å². The van der Waals surface area contributed by atoms with E-state index < -0.39 is 0 Å². The van der Waals surface area contributed by atoms with E-state index in [-0.39, 0.29) is 17.4 Å². The molecule has 27 heavy (non-hydrogen) atoms. The summed E-state index contributed by atoms with van der Waals surface area (Å²) in [6, 6.07) is 11.9. The Hall–Kier alpha value is -2.58. The first-order chi connectivity index (χ1) is 13.0. The van der Waals surface area contributed by atoms with Crippen LogP contribution in [0.3, 0.4) is 0 Å². The summed E-state index contributed by atoms with van der Waals surface area (Å²) in [5.74, 6) is 0.168. The van der Waals surface area contributed by atoms with Gasteiger partial charge in [0.1, 0.15) is 0 Å². The number of aromatic hydroxyl groups is 1. The quantitative estimate of drug-likeness (QED) is 0.458. The lowest BCUT2D eigenvalue weighted by atomic mass is 10.2. The number of nitrogens with one attached hydrogen (secondary N) is 1. The number of aliphatic imine (C=N–C) groups is 1. The van der Waals surface area contributed by atoms with Crippen molar-refractivity contribution in [2.75, 3.05) is 12.4 Å². The molecule has 8 heteroatoms. The van der Waals surface area contributed by atoms with Gasteiger partial charge in [-0.05, 0) is 68.3 Å². The maximum atomic E-state index is 12.1. The minimum atomic E-state index is -0.349. The van der Waals surface area contributed by atoms with Gasteiger partial charge in [0, 0.05) is 20.8 Å². The molecule has 2 aromatic carbocycles. The standard InChI is InChI=1S/C19H14Br2N2O4/c1-26-16-9-14(20)17(21)13(18(16)24)10-22-11-4-2-5-12(8-11)23-19(25)15-6-3-7-27-15/h2-10,24H,1H3,(H,23,25). The summed E-state index contributed by atoms with van der Waals surface area (Å²) in [5.41, 5.74) is 1.63. The molecule has 0 aliphatic carbocycles. The van der Waals surface area contributed by atoms with Crippen LogP contribution in [-0.2, 0) is 0 Å². The fourth-order valence-electron chi connectivity index (χ4n) is 2.29. The van der Waals surface area contributed by atoms with Crippen molar-refractivity contribution in [2.45, 2.75) is 0 Å². The molecular formula is C19H14Br2N2O4. The third kappa shape index (κ3) is 4.40. The number of carbonyl (C=O) groups excluding carboxylic acids is 1. The molecule has 1 heterocycles. The van der Waals surface area contributed by atoms with Gasteiger partial charge >= 0.3 is 0 Å². The molecule has 1 aromatic heterocycles. The van der Waals surface area contributed by atoms with Crippen molar-refractivity contribution in [3.63, 3.8) is 0 Å². The smallest absolute Gasteiger partial charge is 0.291 e. The summed E-state index contributed by atoms with van der Waals surface area (Å²) in [6.45, 7) is 0. The van der Waals surface area contributed by atoms with Gasteiger partial charge in [-0.1, -0.05) is 6.07 Å². The summed E-state index contributed by atoms with van der Waals surface area (Å²) in [7, 11) is 1.47.